The summed E-state index contributed by atoms with van der Waals surface area (Å²) in [6.45, 7) is 2.75. The minimum atomic E-state index is 0.0639. The highest BCUT2D eigenvalue weighted by Crippen LogP contribution is 2.27. The van der Waals surface area contributed by atoms with Gasteiger partial charge in [0.2, 0.25) is 0 Å². The van der Waals surface area contributed by atoms with Gasteiger partial charge in [-0.25, -0.2) is 0 Å². The maximum atomic E-state index is 13.2. The molecule has 2 aromatic carbocycles. The van der Waals surface area contributed by atoms with E-state index in [2.05, 4.69) is 12.1 Å². The van der Waals surface area contributed by atoms with Crippen LogP contribution in [0.3, 0.4) is 0 Å². The molecular weight excluding hydrogens is 314 g/mol. The van der Waals surface area contributed by atoms with E-state index < -0.39 is 0 Å². The average molecular weight is 337 g/mol. The topological polar surface area (TPSA) is 38.8 Å². The van der Waals surface area contributed by atoms with Gasteiger partial charge in [0.05, 0.1) is 12.7 Å². The third kappa shape index (κ3) is 3.69. The Kier molecular flexibility index (Phi) is 4.70. The van der Waals surface area contributed by atoms with Crippen LogP contribution in [-0.2, 0) is 17.7 Å². The summed E-state index contributed by atoms with van der Waals surface area (Å²) in [6.07, 6.45) is 3.12. The fourth-order valence-electron chi connectivity index (χ4n) is 3.56. The lowest BCUT2D eigenvalue weighted by atomic mass is 10.1. The van der Waals surface area contributed by atoms with Crippen molar-refractivity contribution in [2.45, 2.75) is 31.9 Å². The molecule has 0 aromatic heterocycles. The second-order valence-corrected chi connectivity index (χ2v) is 6.73. The number of carbonyl (C=O) groups is 1. The molecule has 4 heteroatoms. The van der Waals surface area contributed by atoms with Crippen molar-refractivity contribution < 1.29 is 14.3 Å². The molecule has 25 heavy (non-hydrogen) atoms. The first-order valence-corrected chi connectivity index (χ1v) is 9.00. The van der Waals surface area contributed by atoms with Gasteiger partial charge in [0.25, 0.3) is 5.91 Å². The molecule has 2 aromatic rings. The number of carbonyl (C=O) groups excluding carboxylic acids is 1. The molecule has 0 N–H and O–H groups in total. The van der Waals surface area contributed by atoms with Crippen LogP contribution in [0.25, 0.3) is 0 Å². The molecule has 0 unspecified atom stereocenters. The highest BCUT2D eigenvalue weighted by Gasteiger charge is 2.24. The number of hydrogen-bond donors (Lipinski definition) is 0. The van der Waals surface area contributed by atoms with Crippen molar-refractivity contribution in [1.29, 1.82) is 0 Å². The number of ether oxygens (including phenoxy) is 2. The summed E-state index contributed by atoms with van der Waals surface area (Å²) < 4.78 is 11.3. The van der Waals surface area contributed by atoms with E-state index in [0.29, 0.717) is 19.7 Å². The van der Waals surface area contributed by atoms with Crippen molar-refractivity contribution in [1.82, 2.24) is 4.90 Å². The van der Waals surface area contributed by atoms with Crippen molar-refractivity contribution in [2.24, 2.45) is 0 Å². The minimum Gasteiger partial charge on any atom is -0.493 e. The van der Waals surface area contributed by atoms with E-state index >= 15 is 0 Å². The first-order valence-electron chi connectivity index (χ1n) is 9.00. The molecule has 4 nitrogen and oxygen atoms in total. The fraction of sp³-hybridized carbons (Fsp3) is 0.381. The maximum Gasteiger partial charge on any atom is 0.254 e. The van der Waals surface area contributed by atoms with E-state index in [4.69, 9.17) is 9.47 Å². The zero-order valence-electron chi connectivity index (χ0n) is 14.3. The smallest absolute Gasteiger partial charge is 0.254 e. The fourth-order valence-corrected chi connectivity index (χ4v) is 3.56. The SMILES string of the molecule is O=C(c1ccc2c(c1)CCO2)N(Cc1ccccc1)C[C@H]1CCCO1. The van der Waals surface area contributed by atoms with Gasteiger partial charge in [0, 0.05) is 31.7 Å². The summed E-state index contributed by atoms with van der Waals surface area (Å²) in [5.41, 5.74) is 3.00. The summed E-state index contributed by atoms with van der Waals surface area (Å²) in [4.78, 5) is 15.1. The molecule has 0 radical (unpaired) electrons. The van der Waals surface area contributed by atoms with Gasteiger partial charge in [-0.2, -0.15) is 0 Å². The van der Waals surface area contributed by atoms with Crippen LogP contribution in [0.1, 0.15) is 34.3 Å². The molecule has 0 spiro atoms. The molecule has 2 aliphatic heterocycles. The molecule has 1 saturated heterocycles. The van der Waals surface area contributed by atoms with E-state index in [1.165, 1.54) is 0 Å². The summed E-state index contributed by atoms with van der Waals surface area (Å²) in [6, 6.07) is 15.9. The molecule has 130 valence electrons. The molecule has 4 rings (SSSR count). The Labute approximate surface area is 148 Å². The summed E-state index contributed by atoms with van der Waals surface area (Å²) >= 11 is 0. The molecule has 0 bridgehead atoms. The number of hydrogen-bond acceptors (Lipinski definition) is 3. The lowest BCUT2D eigenvalue weighted by Crippen LogP contribution is -2.37. The van der Waals surface area contributed by atoms with Crippen LogP contribution >= 0.6 is 0 Å². The molecule has 0 aliphatic carbocycles. The molecule has 2 aliphatic rings. The molecule has 1 fully saturated rings. The Hall–Kier alpha value is -2.33. The quantitative estimate of drug-likeness (QED) is 0.839. The van der Waals surface area contributed by atoms with Crippen LogP contribution in [0.2, 0.25) is 0 Å². The monoisotopic (exact) mass is 337 g/mol. The number of amides is 1. The van der Waals surface area contributed by atoms with E-state index in [1.54, 1.807) is 0 Å². The molecule has 1 atom stereocenters. The van der Waals surface area contributed by atoms with Gasteiger partial charge >= 0.3 is 0 Å². The molecular formula is C21H23NO3. The highest BCUT2D eigenvalue weighted by molar-refractivity contribution is 5.94. The summed E-state index contributed by atoms with van der Waals surface area (Å²) in [5.74, 6) is 0.972. The standard InChI is InChI=1S/C21H23NO3/c23-21(18-8-9-20-17(13-18)10-12-25-20)22(15-19-7-4-11-24-19)14-16-5-2-1-3-6-16/h1-3,5-6,8-9,13,19H,4,7,10-12,14-15H2/t19-/m1/s1. The Bertz CT molecular complexity index is 738. The minimum absolute atomic E-state index is 0.0639. The van der Waals surface area contributed by atoms with Gasteiger partial charge in [-0.1, -0.05) is 30.3 Å². The third-order valence-corrected chi connectivity index (χ3v) is 4.89. The first-order chi connectivity index (χ1) is 12.3. The van der Waals surface area contributed by atoms with E-state index in [1.807, 2.05) is 41.3 Å². The normalized spacial score (nSPS) is 18.6. The van der Waals surface area contributed by atoms with Crippen molar-refractivity contribution >= 4 is 5.91 Å². The molecule has 1 amide bonds. The van der Waals surface area contributed by atoms with Crippen LogP contribution < -0.4 is 4.74 Å². The lowest BCUT2D eigenvalue weighted by Gasteiger charge is -2.26. The van der Waals surface area contributed by atoms with E-state index in [0.717, 1.165) is 48.3 Å². The number of nitrogens with zero attached hydrogens (tertiary/aromatic N) is 1. The zero-order chi connectivity index (χ0) is 17.1. The Morgan fingerprint density at radius 2 is 2.00 bits per heavy atom. The van der Waals surface area contributed by atoms with Crippen LogP contribution in [-0.4, -0.2) is 36.7 Å². The van der Waals surface area contributed by atoms with Gasteiger partial charge in [-0.3, -0.25) is 4.79 Å². The first kappa shape index (κ1) is 16.2. The van der Waals surface area contributed by atoms with Gasteiger partial charge in [0.15, 0.2) is 0 Å². The van der Waals surface area contributed by atoms with Crippen LogP contribution in [0.5, 0.6) is 5.75 Å². The van der Waals surface area contributed by atoms with Crippen LogP contribution in [0.15, 0.2) is 48.5 Å². The van der Waals surface area contributed by atoms with Gasteiger partial charge in [-0.05, 0) is 42.2 Å². The van der Waals surface area contributed by atoms with Gasteiger partial charge in [-0.15, -0.1) is 0 Å². The summed E-state index contributed by atoms with van der Waals surface area (Å²) in [5, 5.41) is 0. The number of rotatable bonds is 5. The number of benzene rings is 2. The largest absolute Gasteiger partial charge is 0.493 e. The Morgan fingerprint density at radius 1 is 1.12 bits per heavy atom. The van der Waals surface area contributed by atoms with Crippen LogP contribution in [0, 0.1) is 0 Å². The average Bonchev–Trinajstić information content (AvgIpc) is 3.32. The zero-order valence-corrected chi connectivity index (χ0v) is 14.3. The Morgan fingerprint density at radius 3 is 2.80 bits per heavy atom. The van der Waals surface area contributed by atoms with Gasteiger partial charge < -0.3 is 14.4 Å². The second kappa shape index (κ2) is 7.28. The van der Waals surface area contributed by atoms with Crippen molar-refractivity contribution in [3.8, 4) is 5.75 Å². The Balaban J connectivity index is 1.56. The van der Waals surface area contributed by atoms with E-state index in [-0.39, 0.29) is 12.0 Å². The van der Waals surface area contributed by atoms with Crippen molar-refractivity contribution in [2.75, 3.05) is 19.8 Å². The lowest BCUT2D eigenvalue weighted by molar-refractivity contribution is 0.0507. The molecule has 0 saturated carbocycles. The van der Waals surface area contributed by atoms with Crippen LogP contribution in [0.4, 0.5) is 0 Å². The predicted molar refractivity (Wildman–Crippen MR) is 95.8 cm³/mol. The predicted octanol–water partition coefficient (Wildman–Crippen LogP) is 3.44. The third-order valence-electron chi connectivity index (χ3n) is 4.89. The highest BCUT2D eigenvalue weighted by atomic mass is 16.5. The molecule has 2 heterocycles. The van der Waals surface area contributed by atoms with Crippen molar-refractivity contribution in [3.63, 3.8) is 0 Å². The van der Waals surface area contributed by atoms with Crippen molar-refractivity contribution in [3.05, 3.63) is 65.2 Å². The van der Waals surface area contributed by atoms with Gasteiger partial charge in [0.1, 0.15) is 5.75 Å². The van der Waals surface area contributed by atoms with E-state index in [9.17, 15) is 4.79 Å². The second-order valence-electron chi connectivity index (χ2n) is 6.73. The summed E-state index contributed by atoms with van der Waals surface area (Å²) in [7, 11) is 0. The maximum absolute atomic E-state index is 13.2. The number of fused-ring (bicyclic) bond motifs is 1.